The third kappa shape index (κ3) is 61.6. The maximum Gasteiger partial charge on any atom is 0.305 e. The molecule has 76 heavy (non-hydrogen) atoms. The van der Waals surface area contributed by atoms with E-state index in [-0.39, 0.29) is 18.5 Å². The number of hydrogen-bond donors (Lipinski definition) is 3. The summed E-state index contributed by atoms with van der Waals surface area (Å²) >= 11 is 0. The Kier molecular flexibility index (Phi) is 64.4. The van der Waals surface area contributed by atoms with Crippen molar-refractivity contribution in [2.75, 3.05) is 13.2 Å². The first-order valence-corrected chi connectivity index (χ1v) is 34.6. The van der Waals surface area contributed by atoms with Crippen LogP contribution >= 0.6 is 0 Å². The summed E-state index contributed by atoms with van der Waals surface area (Å²) in [5, 5.41) is 23.1. The predicted molar refractivity (Wildman–Crippen MR) is 333 cm³/mol. The number of amides is 1. The van der Waals surface area contributed by atoms with E-state index in [0.29, 0.717) is 25.9 Å². The minimum atomic E-state index is -0.657. The number of rotatable bonds is 65. The molecule has 1 amide bonds. The van der Waals surface area contributed by atoms with Crippen molar-refractivity contribution in [3.8, 4) is 0 Å². The highest BCUT2D eigenvalue weighted by molar-refractivity contribution is 5.76. The summed E-state index contributed by atoms with van der Waals surface area (Å²) in [6.07, 6.45) is 82.5. The quantitative estimate of drug-likeness (QED) is 0.0320. The van der Waals surface area contributed by atoms with Gasteiger partial charge in [-0.25, -0.2) is 0 Å². The van der Waals surface area contributed by atoms with Crippen molar-refractivity contribution in [2.45, 2.75) is 398 Å². The number of nitrogens with one attached hydrogen (secondary N) is 1. The van der Waals surface area contributed by atoms with Crippen LogP contribution in [0, 0.1) is 0 Å². The maximum absolute atomic E-state index is 12.4. The van der Waals surface area contributed by atoms with Gasteiger partial charge < -0.3 is 20.3 Å². The number of carbonyl (C=O) groups is 2. The monoisotopic (exact) mass is 1070 g/mol. The number of ether oxygens (including phenoxy) is 1. The van der Waals surface area contributed by atoms with Gasteiger partial charge in [0.25, 0.3) is 0 Å². The van der Waals surface area contributed by atoms with Crippen molar-refractivity contribution in [2.24, 2.45) is 0 Å². The van der Waals surface area contributed by atoms with Crippen molar-refractivity contribution >= 4 is 11.9 Å². The van der Waals surface area contributed by atoms with Crippen molar-refractivity contribution in [3.63, 3.8) is 0 Å². The van der Waals surface area contributed by atoms with E-state index in [2.05, 4.69) is 43.5 Å². The minimum Gasteiger partial charge on any atom is -0.466 e. The molecule has 0 radical (unpaired) electrons. The van der Waals surface area contributed by atoms with Gasteiger partial charge in [-0.05, 0) is 57.8 Å². The van der Waals surface area contributed by atoms with E-state index in [0.717, 1.165) is 51.4 Å². The van der Waals surface area contributed by atoms with E-state index < -0.39 is 12.1 Å². The SMILES string of the molecule is CCCCC/C=C\C/C=C\CCCCCCCC(=O)OCCCCCCCCCCCCCCCCCCCCCCCCCCCCCCCCCCCCCC(=O)NC(CO)C(O)CCCCCCCCCCC. The molecule has 0 fully saturated rings. The zero-order valence-electron chi connectivity index (χ0n) is 51.5. The molecule has 6 nitrogen and oxygen atoms in total. The third-order valence-corrected chi connectivity index (χ3v) is 16.3. The van der Waals surface area contributed by atoms with Crippen LogP contribution < -0.4 is 5.32 Å². The summed E-state index contributed by atoms with van der Waals surface area (Å²) in [6, 6.07) is -0.534. The van der Waals surface area contributed by atoms with Gasteiger partial charge >= 0.3 is 5.97 Å². The zero-order valence-corrected chi connectivity index (χ0v) is 51.5. The van der Waals surface area contributed by atoms with Crippen LogP contribution in [-0.4, -0.2) is 47.4 Å². The molecule has 450 valence electrons. The highest BCUT2D eigenvalue weighted by Gasteiger charge is 2.20. The molecule has 2 unspecified atom stereocenters. The number of allylic oxidation sites excluding steroid dienone is 4. The first-order valence-electron chi connectivity index (χ1n) is 34.6. The molecule has 0 bridgehead atoms. The van der Waals surface area contributed by atoms with Crippen molar-refractivity contribution in [1.82, 2.24) is 5.32 Å². The van der Waals surface area contributed by atoms with E-state index >= 15 is 0 Å². The second-order valence-electron chi connectivity index (χ2n) is 23.9. The van der Waals surface area contributed by atoms with E-state index in [1.54, 1.807) is 0 Å². The van der Waals surface area contributed by atoms with Gasteiger partial charge in [-0.3, -0.25) is 9.59 Å². The van der Waals surface area contributed by atoms with E-state index in [1.165, 1.54) is 302 Å². The van der Waals surface area contributed by atoms with Gasteiger partial charge in [0.1, 0.15) is 0 Å². The number of aliphatic hydroxyl groups excluding tert-OH is 2. The van der Waals surface area contributed by atoms with Gasteiger partial charge in [0.05, 0.1) is 25.4 Å². The number of carbonyl (C=O) groups excluding carboxylic acids is 2. The second kappa shape index (κ2) is 65.9. The van der Waals surface area contributed by atoms with Crippen LogP contribution in [0.15, 0.2) is 24.3 Å². The molecule has 0 heterocycles. The Balaban J connectivity index is 3.27. The van der Waals surface area contributed by atoms with Crippen LogP contribution in [0.1, 0.15) is 386 Å². The van der Waals surface area contributed by atoms with Gasteiger partial charge in [0, 0.05) is 12.8 Å². The fourth-order valence-corrected chi connectivity index (χ4v) is 11.0. The standard InChI is InChI=1S/C70H135NO5/c1-3-5-7-9-11-13-14-15-37-41-44-48-52-56-60-64-70(75)76-65-61-57-53-49-45-42-39-36-34-32-30-28-26-24-22-20-18-16-17-19-21-23-25-27-29-31-33-35-38-40-43-47-51-55-59-63-69(74)71-67(66-72)68(73)62-58-54-50-46-12-10-8-6-4-2/h11,13,15,37,67-68,72-73H,3-10,12,14,16-36,38-66H2,1-2H3,(H,71,74)/b13-11-,37-15-. The lowest BCUT2D eigenvalue weighted by atomic mass is 10.0. The molecular weight excluding hydrogens is 935 g/mol. The molecule has 0 aromatic carbocycles. The van der Waals surface area contributed by atoms with Gasteiger partial charge in [-0.15, -0.1) is 0 Å². The Morgan fingerprint density at radius 1 is 0.368 bits per heavy atom. The Labute approximate surface area is 475 Å². The molecule has 0 saturated carbocycles. The highest BCUT2D eigenvalue weighted by atomic mass is 16.5. The van der Waals surface area contributed by atoms with Gasteiger partial charge in [-0.2, -0.15) is 0 Å². The summed E-state index contributed by atoms with van der Waals surface area (Å²) in [7, 11) is 0. The van der Waals surface area contributed by atoms with Crippen LogP contribution in [-0.2, 0) is 14.3 Å². The summed E-state index contributed by atoms with van der Waals surface area (Å²) in [5.74, 6) is -0.0216. The normalized spacial score (nSPS) is 12.6. The molecule has 6 heteroatoms. The molecule has 0 aliphatic carbocycles. The van der Waals surface area contributed by atoms with E-state index in [1.807, 2.05) is 0 Å². The Morgan fingerprint density at radius 3 is 1.03 bits per heavy atom. The van der Waals surface area contributed by atoms with Crippen molar-refractivity contribution < 1.29 is 24.5 Å². The smallest absolute Gasteiger partial charge is 0.305 e. The largest absolute Gasteiger partial charge is 0.466 e. The number of aliphatic hydroxyl groups is 2. The maximum atomic E-state index is 12.4. The molecule has 0 rings (SSSR count). The van der Waals surface area contributed by atoms with Crippen molar-refractivity contribution in [1.29, 1.82) is 0 Å². The van der Waals surface area contributed by atoms with Crippen LogP contribution in [0.4, 0.5) is 0 Å². The molecule has 3 N–H and O–H groups in total. The molecular formula is C70H135NO5. The van der Waals surface area contributed by atoms with Crippen LogP contribution in [0.25, 0.3) is 0 Å². The molecule has 0 saturated heterocycles. The topological polar surface area (TPSA) is 95.9 Å². The lowest BCUT2D eigenvalue weighted by molar-refractivity contribution is -0.143. The lowest BCUT2D eigenvalue weighted by Gasteiger charge is -2.22. The van der Waals surface area contributed by atoms with Crippen LogP contribution in [0.3, 0.4) is 0 Å². The number of hydrogen-bond acceptors (Lipinski definition) is 5. The molecule has 0 aliphatic heterocycles. The van der Waals surface area contributed by atoms with E-state index in [4.69, 9.17) is 4.74 Å². The van der Waals surface area contributed by atoms with Crippen LogP contribution in [0.2, 0.25) is 0 Å². The Bertz CT molecular complexity index is 1190. The molecule has 0 spiro atoms. The molecule has 0 aromatic heterocycles. The minimum absolute atomic E-state index is 0.00885. The van der Waals surface area contributed by atoms with Gasteiger partial charge in [0.2, 0.25) is 5.91 Å². The third-order valence-electron chi connectivity index (χ3n) is 16.3. The average Bonchev–Trinajstić information content (AvgIpc) is 3.42. The summed E-state index contributed by atoms with van der Waals surface area (Å²) in [5.41, 5.74) is 0. The zero-order chi connectivity index (χ0) is 55.0. The summed E-state index contributed by atoms with van der Waals surface area (Å²) in [4.78, 5) is 24.5. The first-order chi connectivity index (χ1) is 37.5. The summed E-state index contributed by atoms with van der Waals surface area (Å²) in [6.45, 7) is 4.93. The highest BCUT2D eigenvalue weighted by Crippen LogP contribution is 2.19. The number of unbranched alkanes of at least 4 members (excludes halogenated alkanes) is 50. The molecule has 2 atom stereocenters. The summed E-state index contributed by atoms with van der Waals surface area (Å²) < 4.78 is 5.49. The van der Waals surface area contributed by atoms with Crippen LogP contribution in [0.5, 0.6) is 0 Å². The molecule has 0 aliphatic rings. The lowest BCUT2D eigenvalue weighted by Crippen LogP contribution is -2.45. The van der Waals surface area contributed by atoms with Gasteiger partial charge in [0.15, 0.2) is 0 Å². The van der Waals surface area contributed by atoms with E-state index in [9.17, 15) is 19.8 Å². The Hall–Kier alpha value is -1.66. The predicted octanol–water partition coefficient (Wildman–Crippen LogP) is 22.1. The average molecular weight is 1070 g/mol. The Morgan fingerprint density at radius 2 is 0.658 bits per heavy atom. The first kappa shape index (κ1) is 74.3. The van der Waals surface area contributed by atoms with Gasteiger partial charge in [-0.1, -0.05) is 340 Å². The fraction of sp³-hybridized carbons (Fsp3) is 0.914. The second-order valence-corrected chi connectivity index (χ2v) is 23.9. The fourth-order valence-electron chi connectivity index (χ4n) is 11.0. The van der Waals surface area contributed by atoms with Crippen molar-refractivity contribution in [3.05, 3.63) is 24.3 Å². The number of esters is 1. The molecule has 0 aromatic rings.